The maximum Gasteiger partial charge on any atom is 0.265 e. The maximum atomic E-state index is 13.2. The van der Waals surface area contributed by atoms with E-state index in [1.165, 1.54) is 29.2 Å². The highest BCUT2D eigenvalue weighted by Crippen LogP contribution is 2.16. The van der Waals surface area contributed by atoms with Crippen LogP contribution in [0.4, 0.5) is 4.39 Å². The summed E-state index contributed by atoms with van der Waals surface area (Å²) in [5.74, 6) is -0.485. The molecule has 0 bridgehead atoms. The van der Waals surface area contributed by atoms with Crippen LogP contribution < -0.4 is 5.56 Å². The average molecular weight is 276 g/mol. The van der Waals surface area contributed by atoms with Gasteiger partial charge in [-0.3, -0.25) is 9.36 Å². The number of pyridine rings is 1. The van der Waals surface area contributed by atoms with E-state index in [9.17, 15) is 9.18 Å². The third-order valence-electron chi connectivity index (χ3n) is 2.72. The summed E-state index contributed by atoms with van der Waals surface area (Å²) in [6.45, 7) is 0. The highest BCUT2D eigenvalue weighted by atomic mass is 35.5. The Morgan fingerprint density at radius 3 is 2.84 bits per heavy atom. The van der Waals surface area contributed by atoms with Crippen molar-refractivity contribution >= 4 is 22.5 Å². The predicted octanol–water partition coefficient (Wildman–Crippen LogP) is 2.57. The largest absolute Gasteiger partial charge is 0.268 e. The van der Waals surface area contributed by atoms with E-state index in [0.717, 1.165) is 6.07 Å². The average Bonchev–Trinajstić information content (AvgIpc) is 2.41. The van der Waals surface area contributed by atoms with Crippen LogP contribution in [0.15, 0.2) is 47.7 Å². The molecule has 0 saturated carbocycles. The van der Waals surface area contributed by atoms with Crippen molar-refractivity contribution < 1.29 is 4.39 Å². The van der Waals surface area contributed by atoms with E-state index in [1.807, 2.05) is 0 Å². The Hall–Kier alpha value is -2.27. The molecule has 0 radical (unpaired) electrons. The lowest BCUT2D eigenvalue weighted by Crippen LogP contribution is -2.19. The van der Waals surface area contributed by atoms with E-state index in [0.29, 0.717) is 11.2 Å². The van der Waals surface area contributed by atoms with Crippen LogP contribution in [0.5, 0.6) is 0 Å². The predicted molar refractivity (Wildman–Crippen MR) is 70.1 cm³/mol. The van der Waals surface area contributed by atoms with Crippen LogP contribution >= 0.6 is 11.6 Å². The van der Waals surface area contributed by atoms with Crippen molar-refractivity contribution in [3.63, 3.8) is 0 Å². The summed E-state index contributed by atoms with van der Waals surface area (Å²) < 4.78 is 14.5. The zero-order valence-corrected chi connectivity index (χ0v) is 10.3. The van der Waals surface area contributed by atoms with Gasteiger partial charge in [-0.2, -0.15) is 0 Å². The second-order valence-corrected chi connectivity index (χ2v) is 4.25. The summed E-state index contributed by atoms with van der Waals surface area (Å²) in [6.07, 6.45) is 2.87. The maximum absolute atomic E-state index is 13.2. The van der Waals surface area contributed by atoms with Crippen molar-refractivity contribution in [2.24, 2.45) is 0 Å². The first-order chi connectivity index (χ1) is 9.16. The third kappa shape index (κ3) is 1.98. The van der Waals surface area contributed by atoms with Gasteiger partial charge in [0, 0.05) is 6.20 Å². The lowest BCUT2D eigenvalue weighted by molar-refractivity contribution is 0.629. The number of halogens is 2. The molecule has 0 aliphatic carbocycles. The Morgan fingerprint density at radius 2 is 2.05 bits per heavy atom. The first kappa shape index (κ1) is 11.8. The number of benzene rings is 1. The smallest absolute Gasteiger partial charge is 0.265 e. The van der Waals surface area contributed by atoms with E-state index >= 15 is 0 Å². The van der Waals surface area contributed by atoms with Crippen molar-refractivity contribution in [2.45, 2.75) is 0 Å². The number of rotatable bonds is 1. The molecule has 6 heteroatoms. The van der Waals surface area contributed by atoms with Crippen molar-refractivity contribution in [2.75, 3.05) is 0 Å². The minimum Gasteiger partial charge on any atom is -0.268 e. The molecular formula is C13H7ClFN3O. The van der Waals surface area contributed by atoms with Crippen molar-refractivity contribution in [1.82, 2.24) is 14.5 Å². The fourth-order valence-electron chi connectivity index (χ4n) is 1.82. The van der Waals surface area contributed by atoms with Crippen LogP contribution in [0.25, 0.3) is 16.6 Å². The van der Waals surface area contributed by atoms with E-state index < -0.39 is 5.82 Å². The first-order valence-electron chi connectivity index (χ1n) is 5.44. The molecule has 2 heterocycles. The van der Waals surface area contributed by atoms with Gasteiger partial charge in [-0.15, -0.1) is 0 Å². The van der Waals surface area contributed by atoms with Crippen LogP contribution in [0.1, 0.15) is 0 Å². The molecule has 3 aromatic rings. The van der Waals surface area contributed by atoms with Gasteiger partial charge in [0.25, 0.3) is 5.56 Å². The Morgan fingerprint density at radius 1 is 1.21 bits per heavy atom. The molecule has 0 aliphatic rings. The van der Waals surface area contributed by atoms with Gasteiger partial charge in [-0.05, 0) is 30.3 Å². The molecule has 0 saturated heterocycles. The van der Waals surface area contributed by atoms with Crippen LogP contribution in [0.2, 0.25) is 5.15 Å². The number of fused-ring (bicyclic) bond motifs is 1. The molecule has 0 amide bonds. The lowest BCUT2D eigenvalue weighted by Gasteiger charge is -2.07. The topological polar surface area (TPSA) is 47.8 Å². The van der Waals surface area contributed by atoms with Gasteiger partial charge in [0.05, 0.1) is 16.6 Å². The quantitative estimate of drug-likeness (QED) is 0.641. The van der Waals surface area contributed by atoms with Gasteiger partial charge in [-0.1, -0.05) is 11.6 Å². The lowest BCUT2D eigenvalue weighted by atomic mass is 10.2. The summed E-state index contributed by atoms with van der Waals surface area (Å²) in [5, 5.41) is 0.379. The zero-order chi connectivity index (χ0) is 13.4. The van der Waals surface area contributed by atoms with Gasteiger partial charge < -0.3 is 0 Å². The summed E-state index contributed by atoms with van der Waals surface area (Å²) in [4.78, 5) is 20.3. The van der Waals surface area contributed by atoms with Crippen molar-refractivity contribution in [1.29, 1.82) is 0 Å². The van der Waals surface area contributed by atoms with Crippen LogP contribution in [0, 0.1) is 5.82 Å². The number of aromatic nitrogens is 3. The molecular weight excluding hydrogens is 269 g/mol. The second kappa shape index (κ2) is 4.44. The normalized spacial score (nSPS) is 10.8. The molecule has 0 N–H and O–H groups in total. The van der Waals surface area contributed by atoms with Crippen molar-refractivity contribution in [3.05, 3.63) is 64.2 Å². The van der Waals surface area contributed by atoms with E-state index in [-0.39, 0.29) is 16.1 Å². The Labute approximate surface area is 112 Å². The van der Waals surface area contributed by atoms with Gasteiger partial charge >= 0.3 is 0 Å². The summed E-state index contributed by atoms with van der Waals surface area (Å²) in [5.41, 5.74) is 0.454. The minimum atomic E-state index is -0.485. The van der Waals surface area contributed by atoms with Crippen LogP contribution in [0.3, 0.4) is 0 Å². The molecule has 19 heavy (non-hydrogen) atoms. The van der Waals surface area contributed by atoms with E-state index in [2.05, 4.69) is 9.97 Å². The molecule has 2 aromatic heterocycles. The van der Waals surface area contributed by atoms with Gasteiger partial charge in [-0.25, -0.2) is 14.4 Å². The Bertz CT molecular complexity index is 831. The highest BCUT2D eigenvalue weighted by Gasteiger charge is 2.09. The minimum absolute atomic E-state index is 0.183. The second-order valence-electron chi connectivity index (χ2n) is 3.89. The van der Waals surface area contributed by atoms with E-state index in [4.69, 9.17) is 11.6 Å². The number of hydrogen-bond donors (Lipinski definition) is 0. The molecule has 4 nitrogen and oxygen atoms in total. The fraction of sp³-hybridized carbons (Fsp3) is 0. The van der Waals surface area contributed by atoms with Gasteiger partial charge in [0.15, 0.2) is 5.15 Å². The SMILES string of the molecule is O=c1c2cc(F)ccc2ncn1-c1cccnc1Cl. The summed E-state index contributed by atoms with van der Waals surface area (Å²) in [7, 11) is 0. The molecule has 0 atom stereocenters. The Balaban J connectivity index is 2.35. The standard InChI is InChI=1S/C13H7ClFN3O/c14-12-11(2-1-5-16-12)18-7-17-10-4-3-8(15)6-9(10)13(18)19/h1-7H. The molecule has 0 aliphatic heterocycles. The third-order valence-corrected chi connectivity index (χ3v) is 3.01. The molecule has 0 spiro atoms. The number of hydrogen-bond acceptors (Lipinski definition) is 3. The zero-order valence-electron chi connectivity index (χ0n) is 9.55. The molecule has 94 valence electrons. The molecule has 3 rings (SSSR count). The van der Waals surface area contributed by atoms with E-state index in [1.54, 1.807) is 12.1 Å². The van der Waals surface area contributed by atoms with Crippen LogP contribution in [-0.2, 0) is 0 Å². The molecule has 1 aromatic carbocycles. The first-order valence-corrected chi connectivity index (χ1v) is 5.82. The fourth-order valence-corrected chi connectivity index (χ4v) is 2.03. The Kier molecular flexibility index (Phi) is 2.76. The van der Waals surface area contributed by atoms with Crippen LogP contribution in [-0.4, -0.2) is 14.5 Å². The van der Waals surface area contributed by atoms with Gasteiger partial charge in [0.2, 0.25) is 0 Å². The summed E-state index contributed by atoms with van der Waals surface area (Å²) in [6, 6.07) is 7.18. The molecule has 0 fully saturated rings. The van der Waals surface area contributed by atoms with Crippen molar-refractivity contribution in [3.8, 4) is 5.69 Å². The molecule has 0 unspecified atom stereocenters. The highest BCUT2D eigenvalue weighted by molar-refractivity contribution is 6.31. The number of nitrogens with zero attached hydrogens (tertiary/aromatic N) is 3. The summed E-state index contributed by atoms with van der Waals surface area (Å²) >= 11 is 5.94. The monoisotopic (exact) mass is 275 g/mol. The van der Waals surface area contributed by atoms with Gasteiger partial charge in [0.1, 0.15) is 12.1 Å².